The fourth-order valence-corrected chi connectivity index (χ4v) is 3.62. The number of pyridine rings is 1. The number of benzene rings is 1. The molecule has 0 fully saturated rings. The van der Waals surface area contributed by atoms with E-state index in [-0.39, 0.29) is 10.9 Å². The van der Waals surface area contributed by atoms with E-state index in [0.717, 1.165) is 11.1 Å². The third-order valence-electron chi connectivity index (χ3n) is 4.06. The number of carbonyl (C=O) groups excluding carboxylic acids is 1. The number of hydrogen-bond donors (Lipinski definition) is 2. The molecule has 146 valence electrons. The van der Waals surface area contributed by atoms with Gasteiger partial charge in [-0.2, -0.15) is 0 Å². The molecule has 28 heavy (non-hydrogen) atoms. The molecule has 0 spiro atoms. The Bertz CT molecular complexity index is 980. The van der Waals surface area contributed by atoms with Crippen LogP contribution in [0.25, 0.3) is 10.6 Å². The van der Waals surface area contributed by atoms with Crippen LogP contribution in [0.1, 0.15) is 24.4 Å². The molecule has 2 unspecified atom stereocenters. The largest absolute Gasteiger partial charge is 0.326 e. The Morgan fingerprint density at radius 2 is 2.04 bits per heavy atom. The topological polar surface area (TPSA) is 80.9 Å². The minimum atomic E-state index is -0.551. The SMILES string of the molecule is CC(CC(N)c1ncc(-c2ccc(F)cn2)s1)C(=O)Nc1ccc(F)c(Cl)c1. The van der Waals surface area contributed by atoms with Gasteiger partial charge >= 0.3 is 0 Å². The lowest BCUT2D eigenvalue weighted by atomic mass is 10.0. The van der Waals surface area contributed by atoms with Crippen LogP contribution in [-0.2, 0) is 4.79 Å². The highest BCUT2D eigenvalue weighted by Crippen LogP contribution is 2.30. The van der Waals surface area contributed by atoms with Crippen molar-refractivity contribution in [3.8, 4) is 10.6 Å². The first-order valence-electron chi connectivity index (χ1n) is 8.42. The summed E-state index contributed by atoms with van der Waals surface area (Å²) < 4.78 is 26.2. The number of anilines is 1. The van der Waals surface area contributed by atoms with Crippen LogP contribution in [0.15, 0.2) is 42.7 Å². The van der Waals surface area contributed by atoms with Crippen molar-refractivity contribution in [2.75, 3.05) is 5.32 Å². The minimum absolute atomic E-state index is 0.0631. The van der Waals surface area contributed by atoms with Crippen LogP contribution in [0.5, 0.6) is 0 Å². The fraction of sp³-hybridized carbons (Fsp3) is 0.211. The van der Waals surface area contributed by atoms with E-state index in [0.29, 0.717) is 22.8 Å². The zero-order chi connectivity index (χ0) is 20.3. The second-order valence-corrected chi connectivity index (χ2v) is 7.76. The van der Waals surface area contributed by atoms with Crippen LogP contribution in [0, 0.1) is 17.6 Å². The maximum Gasteiger partial charge on any atom is 0.227 e. The highest BCUT2D eigenvalue weighted by atomic mass is 35.5. The molecule has 9 heteroatoms. The molecule has 3 aromatic rings. The zero-order valence-electron chi connectivity index (χ0n) is 14.8. The van der Waals surface area contributed by atoms with Gasteiger partial charge in [0.1, 0.15) is 16.6 Å². The number of rotatable bonds is 6. The van der Waals surface area contributed by atoms with Gasteiger partial charge in [-0.3, -0.25) is 9.78 Å². The number of hydrogen-bond acceptors (Lipinski definition) is 5. The second-order valence-electron chi connectivity index (χ2n) is 6.29. The third kappa shape index (κ3) is 4.89. The van der Waals surface area contributed by atoms with E-state index in [1.54, 1.807) is 19.2 Å². The molecule has 0 saturated heterocycles. The van der Waals surface area contributed by atoms with E-state index in [2.05, 4.69) is 15.3 Å². The standard InChI is InChI=1S/C19H17ClF2N4OS/c1-10(18(27)26-12-3-4-14(22)13(20)7-12)6-15(23)19-25-9-17(28-19)16-5-2-11(21)8-24-16/h2-5,7-10,15H,6,23H2,1H3,(H,26,27). The van der Waals surface area contributed by atoms with Gasteiger partial charge in [0.25, 0.3) is 0 Å². The molecule has 0 bridgehead atoms. The van der Waals surface area contributed by atoms with E-state index in [4.69, 9.17) is 17.3 Å². The van der Waals surface area contributed by atoms with Crippen molar-refractivity contribution in [3.05, 3.63) is 64.4 Å². The molecule has 0 aliphatic carbocycles. The van der Waals surface area contributed by atoms with Gasteiger partial charge in [0.15, 0.2) is 0 Å². The Morgan fingerprint density at radius 3 is 2.71 bits per heavy atom. The number of nitrogens with zero attached hydrogens (tertiary/aromatic N) is 2. The molecule has 3 rings (SSSR count). The van der Waals surface area contributed by atoms with Crippen molar-refractivity contribution in [1.82, 2.24) is 9.97 Å². The van der Waals surface area contributed by atoms with Gasteiger partial charge in [0.05, 0.1) is 27.8 Å². The predicted octanol–water partition coefficient (Wildman–Crippen LogP) is 4.80. The van der Waals surface area contributed by atoms with E-state index in [9.17, 15) is 13.6 Å². The Labute approximate surface area is 169 Å². The molecule has 2 heterocycles. The maximum absolute atomic E-state index is 13.2. The van der Waals surface area contributed by atoms with Gasteiger partial charge in [-0.05, 0) is 36.8 Å². The Morgan fingerprint density at radius 1 is 1.25 bits per heavy atom. The lowest BCUT2D eigenvalue weighted by molar-refractivity contribution is -0.119. The molecule has 1 amide bonds. The Balaban J connectivity index is 1.62. The van der Waals surface area contributed by atoms with Crippen LogP contribution in [-0.4, -0.2) is 15.9 Å². The number of nitrogens with two attached hydrogens (primary N) is 1. The molecule has 2 atom stereocenters. The number of carbonyl (C=O) groups is 1. The first-order chi connectivity index (χ1) is 13.3. The van der Waals surface area contributed by atoms with Gasteiger partial charge in [-0.1, -0.05) is 18.5 Å². The third-order valence-corrected chi connectivity index (χ3v) is 5.50. The van der Waals surface area contributed by atoms with Crippen LogP contribution in [0.3, 0.4) is 0 Å². The summed E-state index contributed by atoms with van der Waals surface area (Å²) in [6, 6.07) is 6.43. The van der Waals surface area contributed by atoms with E-state index in [1.807, 2.05) is 0 Å². The number of amides is 1. The maximum atomic E-state index is 13.2. The van der Waals surface area contributed by atoms with E-state index >= 15 is 0 Å². The quantitative estimate of drug-likeness (QED) is 0.597. The van der Waals surface area contributed by atoms with E-state index in [1.165, 1.54) is 35.6 Å². The summed E-state index contributed by atoms with van der Waals surface area (Å²) in [6.07, 6.45) is 3.14. The van der Waals surface area contributed by atoms with E-state index < -0.39 is 23.6 Å². The highest BCUT2D eigenvalue weighted by molar-refractivity contribution is 7.15. The van der Waals surface area contributed by atoms with Crippen molar-refractivity contribution >= 4 is 34.5 Å². The second kappa shape index (κ2) is 8.72. The normalized spacial score (nSPS) is 13.2. The van der Waals surface area contributed by atoms with Crippen molar-refractivity contribution in [2.45, 2.75) is 19.4 Å². The van der Waals surface area contributed by atoms with Gasteiger partial charge < -0.3 is 11.1 Å². The van der Waals surface area contributed by atoms with Crippen LogP contribution in [0.4, 0.5) is 14.5 Å². The monoisotopic (exact) mass is 422 g/mol. The summed E-state index contributed by atoms with van der Waals surface area (Å²) in [5.41, 5.74) is 7.22. The molecule has 0 aliphatic rings. The average Bonchev–Trinajstić information content (AvgIpc) is 3.15. The highest BCUT2D eigenvalue weighted by Gasteiger charge is 2.21. The molecule has 1 aromatic carbocycles. The molecule has 0 aliphatic heterocycles. The lowest BCUT2D eigenvalue weighted by Crippen LogP contribution is -2.24. The summed E-state index contributed by atoms with van der Waals surface area (Å²) in [5.74, 6) is -1.62. The molecule has 0 radical (unpaired) electrons. The summed E-state index contributed by atoms with van der Waals surface area (Å²) >= 11 is 7.07. The summed E-state index contributed by atoms with van der Waals surface area (Å²) in [7, 11) is 0. The number of halogens is 3. The predicted molar refractivity (Wildman–Crippen MR) is 106 cm³/mol. The summed E-state index contributed by atoms with van der Waals surface area (Å²) in [5, 5.41) is 3.29. The summed E-state index contributed by atoms with van der Waals surface area (Å²) in [4.78, 5) is 21.5. The number of thiazole rings is 1. The van der Waals surface area contributed by atoms with Crippen LogP contribution < -0.4 is 11.1 Å². The first kappa shape index (κ1) is 20.3. The number of nitrogens with one attached hydrogen (secondary N) is 1. The summed E-state index contributed by atoms with van der Waals surface area (Å²) in [6.45, 7) is 1.75. The van der Waals surface area contributed by atoms with Gasteiger partial charge in [-0.25, -0.2) is 13.8 Å². The first-order valence-corrected chi connectivity index (χ1v) is 9.62. The Kier molecular flexibility index (Phi) is 6.33. The van der Waals surface area contributed by atoms with Crippen molar-refractivity contribution in [1.29, 1.82) is 0 Å². The zero-order valence-corrected chi connectivity index (χ0v) is 16.4. The molecule has 0 saturated carbocycles. The minimum Gasteiger partial charge on any atom is -0.326 e. The van der Waals surface area contributed by atoms with Gasteiger partial charge in [0.2, 0.25) is 5.91 Å². The lowest BCUT2D eigenvalue weighted by Gasteiger charge is -2.15. The Hall–Kier alpha value is -2.42. The molecule has 3 N–H and O–H groups in total. The van der Waals surface area contributed by atoms with Crippen molar-refractivity contribution < 1.29 is 13.6 Å². The number of aromatic nitrogens is 2. The molecular weight excluding hydrogens is 406 g/mol. The van der Waals surface area contributed by atoms with Crippen molar-refractivity contribution in [3.63, 3.8) is 0 Å². The average molecular weight is 423 g/mol. The fourth-order valence-electron chi connectivity index (χ4n) is 2.53. The molecular formula is C19H17ClF2N4OS. The van der Waals surface area contributed by atoms with Gasteiger partial charge in [-0.15, -0.1) is 11.3 Å². The van der Waals surface area contributed by atoms with Crippen molar-refractivity contribution in [2.24, 2.45) is 11.7 Å². The van der Waals surface area contributed by atoms with Crippen LogP contribution in [0.2, 0.25) is 5.02 Å². The van der Waals surface area contributed by atoms with Crippen LogP contribution >= 0.6 is 22.9 Å². The van der Waals surface area contributed by atoms with Gasteiger partial charge in [0, 0.05) is 17.8 Å². The smallest absolute Gasteiger partial charge is 0.227 e. The molecule has 5 nitrogen and oxygen atoms in total. The molecule has 2 aromatic heterocycles.